The van der Waals surface area contributed by atoms with Gasteiger partial charge >= 0.3 is 0 Å². The van der Waals surface area contributed by atoms with Gasteiger partial charge in [-0.2, -0.15) is 0 Å². The molecule has 0 amide bonds. The zero-order valence-corrected chi connectivity index (χ0v) is 10.2. The second-order valence-electron chi connectivity index (χ2n) is 2.68. The third-order valence-corrected chi connectivity index (χ3v) is 2.44. The lowest BCUT2D eigenvalue weighted by Gasteiger charge is -2.08. The molecule has 1 aromatic rings. The number of rotatable bonds is 3. The van der Waals surface area contributed by atoms with Crippen molar-refractivity contribution in [2.24, 2.45) is 5.73 Å². The standard InChI is InChI=1S/C10H12IN.ClH/c1-2-3-10(12)8-4-6-9(11)7-5-8;/h2,4-7,10H,1,3,12H2;1H/t10-;/m1./s1. The Hall–Kier alpha value is -0.0600. The monoisotopic (exact) mass is 309 g/mol. The number of hydrogen-bond donors (Lipinski definition) is 1. The predicted molar refractivity (Wildman–Crippen MR) is 68.1 cm³/mol. The first-order chi connectivity index (χ1) is 5.74. The van der Waals surface area contributed by atoms with E-state index in [1.54, 1.807) is 0 Å². The second kappa shape index (κ2) is 6.40. The van der Waals surface area contributed by atoms with Crippen LogP contribution >= 0.6 is 35.0 Å². The van der Waals surface area contributed by atoms with Crippen LogP contribution in [-0.2, 0) is 0 Å². The largest absolute Gasteiger partial charge is 0.324 e. The summed E-state index contributed by atoms with van der Waals surface area (Å²) in [5, 5.41) is 0. The molecular weight excluding hydrogens is 296 g/mol. The highest BCUT2D eigenvalue weighted by Gasteiger charge is 2.01. The van der Waals surface area contributed by atoms with Gasteiger partial charge in [-0.15, -0.1) is 19.0 Å². The van der Waals surface area contributed by atoms with E-state index in [0.29, 0.717) is 0 Å². The molecule has 0 aliphatic rings. The molecule has 1 nitrogen and oxygen atoms in total. The predicted octanol–water partition coefficient (Wildman–Crippen LogP) is 3.29. The average molecular weight is 310 g/mol. The third kappa shape index (κ3) is 4.11. The highest BCUT2D eigenvalue weighted by Crippen LogP contribution is 2.15. The average Bonchev–Trinajstić information content (AvgIpc) is 2.06. The van der Waals surface area contributed by atoms with Crippen LogP contribution in [-0.4, -0.2) is 0 Å². The number of hydrogen-bond acceptors (Lipinski definition) is 1. The summed E-state index contributed by atoms with van der Waals surface area (Å²) in [5.41, 5.74) is 7.06. The van der Waals surface area contributed by atoms with E-state index in [0.717, 1.165) is 6.42 Å². The topological polar surface area (TPSA) is 26.0 Å². The Bertz CT molecular complexity index is 258. The first-order valence-corrected chi connectivity index (χ1v) is 4.94. The summed E-state index contributed by atoms with van der Waals surface area (Å²) in [4.78, 5) is 0. The molecule has 0 radical (unpaired) electrons. The highest BCUT2D eigenvalue weighted by atomic mass is 127. The molecular formula is C10H13ClIN. The number of benzene rings is 1. The number of nitrogens with two attached hydrogens (primary N) is 1. The molecule has 0 bridgehead atoms. The molecule has 3 heteroatoms. The summed E-state index contributed by atoms with van der Waals surface area (Å²) >= 11 is 2.28. The van der Waals surface area contributed by atoms with Crippen LogP contribution in [0.3, 0.4) is 0 Å². The molecule has 1 rings (SSSR count). The minimum absolute atomic E-state index is 0. The summed E-state index contributed by atoms with van der Waals surface area (Å²) in [6.07, 6.45) is 2.68. The van der Waals surface area contributed by atoms with Crippen molar-refractivity contribution in [2.45, 2.75) is 12.5 Å². The Morgan fingerprint density at radius 2 is 1.92 bits per heavy atom. The van der Waals surface area contributed by atoms with E-state index in [1.165, 1.54) is 9.13 Å². The van der Waals surface area contributed by atoms with Gasteiger partial charge in [-0.3, -0.25) is 0 Å². The van der Waals surface area contributed by atoms with Crippen molar-refractivity contribution >= 4 is 35.0 Å². The molecule has 0 saturated carbocycles. The van der Waals surface area contributed by atoms with E-state index in [4.69, 9.17) is 5.73 Å². The molecule has 0 aromatic heterocycles. The van der Waals surface area contributed by atoms with E-state index in [1.807, 2.05) is 6.08 Å². The van der Waals surface area contributed by atoms with Crippen molar-refractivity contribution in [1.29, 1.82) is 0 Å². The lowest BCUT2D eigenvalue weighted by atomic mass is 10.1. The van der Waals surface area contributed by atoms with Gasteiger partial charge in [0.15, 0.2) is 0 Å². The van der Waals surface area contributed by atoms with Crippen molar-refractivity contribution in [3.63, 3.8) is 0 Å². The fourth-order valence-corrected chi connectivity index (χ4v) is 1.39. The molecule has 1 atom stereocenters. The van der Waals surface area contributed by atoms with Crippen LogP contribution in [0.5, 0.6) is 0 Å². The normalized spacial score (nSPS) is 11.5. The summed E-state index contributed by atoms with van der Waals surface area (Å²) in [5.74, 6) is 0. The van der Waals surface area contributed by atoms with Gasteiger partial charge in [0.2, 0.25) is 0 Å². The fraction of sp³-hybridized carbons (Fsp3) is 0.200. The van der Waals surface area contributed by atoms with Gasteiger partial charge in [0, 0.05) is 9.61 Å². The molecule has 0 spiro atoms. The SMILES string of the molecule is C=CC[C@@H](N)c1ccc(I)cc1.Cl. The molecule has 0 aliphatic carbocycles. The van der Waals surface area contributed by atoms with Crippen LogP contribution in [0.4, 0.5) is 0 Å². The van der Waals surface area contributed by atoms with Crippen molar-refractivity contribution in [3.8, 4) is 0 Å². The van der Waals surface area contributed by atoms with E-state index >= 15 is 0 Å². The van der Waals surface area contributed by atoms with Crippen molar-refractivity contribution in [3.05, 3.63) is 46.1 Å². The Labute approximate surface area is 99.0 Å². The number of halogens is 2. The molecule has 13 heavy (non-hydrogen) atoms. The molecule has 1 aromatic carbocycles. The van der Waals surface area contributed by atoms with Gasteiger partial charge in [-0.05, 0) is 46.7 Å². The summed E-state index contributed by atoms with van der Waals surface area (Å²) in [6, 6.07) is 8.36. The van der Waals surface area contributed by atoms with Crippen LogP contribution in [0.25, 0.3) is 0 Å². The smallest absolute Gasteiger partial charge is 0.0329 e. The first kappa shape index (κ1) is 12.9. The van der Waals surface area contributed by atoms with Crippen molar-refractivity contribution in [2.75, 3.05) is 0 Å². The minimum Gasteiger partial charge on any atom is -0.324 e. The van der Waals surface area contributed by atoms with Crippen molar-refractivity contribution < 1.29 is 0 Å². The van der Waals surface area contributed by atoms with Gasteiger partial charge in [0.25, 0.3) is 0 Å². The van der Waals surface area contributed by atoms with Crippen LogP contribution in [0.15, 0.2) is 36.9 Å². The van der Waals surface area contributed by atoms with Crippen LogP contribution in [0, 0.1) is 3.57 Å². The third-order valence-electron chi connectivity index (χ3n) is 1.72. The van der Waals surface area contributed by atoms with Gasteiger partial charge < -0.3 is 5.73 Å². The van der Waals surface area contributed by atoms with Gasteiger partial charge in [-0.25, -0.2) is 0 Å². The first-order valence-electron chi connectivity index (χ1n) is 3.86. The molecule has 0 heterocycles. The summed E-state index contributed by atoms with van der Waals surface area (Å²) < 4.78 is 1.24. The second-order valence-corrected chi connectivity index (χ2v) is 3.93. The van der Waals surface area contributed by atoms with E-state index in [9.17, 15) is 0 Å². The quantitative estimate of drug-likeness (QED) is 0.673. The van der Waals surface area contributed by atoms with Crippen LogP contribution in [0.2, 0.25) is 0 Å². The summed E-state index contributed by atoms with van der Waals surface area (Å²) in [6.45, 7) is 3.66. The zero-order valence-electron chi connectivity index (χ0n) is 7.24. The van der Waals surface area contributed by atoms with Crippen LogP contribution in [0.1, 0.15) is 18.0 Å². The zero-order chi connectivity index (χ0) is 8.97. The Morgan fingerprint density at radius 3 is 2.38 bits per heavy atom. The Balaban J connectivity index is 0.00000144. The van der Waals surface area contributed by atoms with Gasteiger partial charge in [0.1, 0.15) is 0 Å². The van der Waals surface area contributed by atoms with Gasteiger partial charge in [-0.1, -0.05) is 18.2 Å². The van der Waals surface area contributed by atoms with E-state index < -0.39 is 0 Å². The van der Waals surface area contributed by atoms with Gasteiger partial charge in [0.05, 0.1) is 0 Å². The maximum absolute atomic E-state index is 5.88. The summed E-state index contributed by atoms with van der Waals surface area (Å²) in [7, 11) is 0. The van der Waals surface area contributed by atoms with Crippen molar-refractivity contribution in [1.82, 2.24) is 0 Å². The molecule has 72 valence electrons. The molecule has 0 saturated heterocycles. The van der Waals surface area contributed by atoms with Crippen LogP contribution < -0.4 is 5.73 Å². The lowest BCUT2D eigenvalue weighted by Crippen LogP contribution is -2.08. The maximum Gasteiger partial charge on any atom is 0.0329 e. The highest BCUT2D eigenvalue weighted by molar-refractivity contribution is 14.1. The molecule has 0 unspecified atom stereocenters. The molecule has 0 fully saturated rings. The Kier molecular flexibility index (Phi) is 6.37. The minimum atomic E-state index is 0. The fourth-order valence-electron chi connectivity index (χ4n) is 1.03. The van der Waals surface area contributed by atoms with E-state index in [2.05, 4.69) is 53.4 Å². The Morgan fingerprint density at radius 1 is 1.38 bits per heavy atom. The lowest BCUT2D eigenvalue weighted by molar-refractivity contribution is 0.741. The maximum atomic E-state index is 5.88. The molecule has 0 aliphatic heterocycles. The molecule has 2 N–H and O–H groups in total. The van der Waals surface area contributed by atoms with E-state index in [-0.39, 0.29) is 18.4 Å².